The summed E-state index contributed by atoms with van der Waals surface area (Å²) >= 11 is 0. The number of carbonyl (C=O) groups is 1. The first-order valence-electron chi connectivity index (χ1n) is 8.66. The Labute approximate surface area is 152 Å². The van der Waals surface area contributed by atoms with Gasteiger partial charge < -0.3 is 19.4 Å². The topological polar surface area (TPSA) is 65.4 Å². The van der Waals surface area contributed by atoms with Gasteiger partial charge in [-0.15, -0.1) is 0 Å². The third-order valence-corrected chi connectivity index (χ3v) is 4.15. The van der Waals surface area contributed by atoms with Crippen LogP contribution in [0.2, 0.25) is 0 Å². The van der Waals surface area contributed by atoms with E-state index >= 15 is 0 Å². The van der Waals surface area contributed by atoms with Crippen LogP contribution in [0.1, 0.15) is 23.0 Å². The number of fused-ring (bicyclic) bond motifs is 1. The van der Waals surface area contributed by atoms with Gasteiger partial charge in [0.15, 0.2) is 0 Å². The van der Waals surface area contributed by atoms with Gasteiger partial charge in [-0.1, -0.05) is 24.3 Å². The fraction of sp³-hybridized carbons (Fsp3) is 0.300. The number of rotatable bonds is 8. The van der Waals surface area contributed by atoms with Crippen LogP contribution < -0.4 is 10.1 Å². The van der Waals surface area contributed by atoms with E-state index in [9.17, 15) is 4.79 Å². The number of para-hydroxylation sites is 1. The van der Waals surface area contributed by atoms with E-state index < -0.39 is 0 Å². The molecule has 0 saturated carbocycles. The maximum absolute atomic E-state index is 12.6. The third-order valence-electron chi connectivity index (χ3n) is 4.15. The quantitative estimate of drug-likeness (QED) is 0.632. The molecule has 0 saturated heterocycles. The highest BCUT2D eigenvalue weighted by atomic mass is 16.5. The molecule has 0 atom stereocenters. The Hall–Kier alpha value is -2.86. The minimum atomic E-state index is -0.0940. The van der Waals surface area contributed by atoms with Gasteiger partial charge in [0.05, 0.1) is 6.61 Å². The van der Waals surface area contributed by atoms with Crippen molar-refractivity contribution in [1.29, 1.82) is 0 Å². The monoisotopic (exact) mass is 353 g/mol. The van der Waals surface area contributed by atoms with E-state index in [2.05, 4.69) is 10.3 Å². The zero-order valence-corrected chi connectivity index (χ0v) is 15.1. The van der Waals surface area contributed by atoms with Crippen molar-refractivity contribution in [2.75, 3.05) is 20.3 Å². The summed E-state index contributed by atoms with van der Waals surface area (Å²) < 4.78 is 12.4. The maximum atomic E-state index is 12.6. The molecular formula is C20H23N3O3. The van der Waals surface area contributed by atoms with Crippen LogP contribution in [0.5, 0.6) is 5.88 Å². The Morgan fingerprint density at radius 2 is 2.04 bits per heavy atom. The lowest BCUT2D eigenvalue weighted by molar-refractivity contribution is 0.0942. The highest BCUT2D eigenvalue weighted by Crippen LogP contribution is 2.19. The van der Waals surface area contributed by atoms with E-state index in [1.54, 1.807) is 19.4 Å². The van der Waals surface area contributed by atoms with Crippen LogP contribution in [0, 0.1) is 0 Å². The summed E-state index contributed by atoms with van der Waals surface area (Å²) in [5.74, 6) is 0.451. The summed E-state index contributed by atoms with van der Waals surface area (Å²) in [5, 5.41) is 4.03. The van der Waals surface area contributed by atoms with Gasteiger partial charge in [-0.3, -0.25) is 4.79 Å². The smallest absolute Gasteiger partial charge is 0.268 e. The molecule has 0 aliphatic rings. The van der Waals surface area contributed by atoms with Gasteiger partial charge in [-0.05, 0) is 24.6 Å². The summed E-state index contributed by atoms with van der Waals surface area (Å²) in [7, 11) is 1.63. The number of pyridine rings is 1. The molecule has 1 aromatic carbocycles. The van der Waals surface area contributed by atoms with Gasteiger partial charge >= 0.3 is 0 Å². The molecule has 136 valence electrons. The van der Waals surface area contributed by atoms with E-state index in [0.717, 1.165) is 23.0 Å². The number of benzene rings is 1. The number of aromatic nitrogens is 2. The van der Waals surface area contributed by atoms with Crippen LogP contribution >= 0.6 is 0 Å². The first kappa shape index (κ1) is 17.9. The summed E-state index contributed by atoms with van der Waals surface area (Å²) in [6, 6.07) is 13.6. The fourth-order valence-corrected chi connectivity index (χ4v) is 2.84. The van der Waals surface area contributed by atoms with Crippen molar-refractivity contribution < 1.29 is 14.3 Å². The van der Waals surface area contributed by atoms with Gasteiger partial charge in [0.1, 0.15) is 12.3 Å². The highest BCUT2D eigenvalue weighted by Gasteiger charge is 2.14. The van der Waals surface area contributed by atoms with Crippen molar-refractivity contribution in [2.45, 2.75) is 20.0 Å². The van der Waals surface area contributed by atoms with E-state index in [1.807, 2.05) is 47.9 Å². The molecule has 2 heterocycles. The van der Waals surface area contributed by atoms with Crippen LogP contribution in [0.15, 0.2) is 48.7 Å². The van der Waals surface area contributed by atoms with Crippen molar-refractivity contribution in [3.8, 4) is 5.88 Å². The van der Waals surface area contributed by atoms with E-state index in [0.29, 0.717) is 31.3 Å². The SMILES string of the molecule is CCn1c(C(=O)NCc2ccc(OCCOC)nc2)cc2ccccc21. The molecule has 6 nitrogen and oxygen atoms in total. The van der Waals surface area contributed by atoms with Gasteiger partial charge in [0.25, 0.3) is 5.91 Å². The number of nitrogens with one attached hydrogen (secondary N) is 1. The third kappa shape index (κ3) is 4.03. The van der Waals surface area contributed by atoms with E-state index in [1.165, 1.54) is 0 Å². The fourth-order valence-electron chi connectivity index (χ4n) is 2.84. The number of amides is 1. The average Bonchev–Trinajstić information content (AvgIpc) is 3.06. The molecule has 3 aromatic rings. The zero-order valence-electron chi connectivity index (χ0n) is 15.1. The maximum Gasteiger partial charge on any atom is 0.268 e. The molecule has 0 aliphatic heterocycles. The molecule has 0 fully saturated rings. The van der Waals surface area contributed by atoms with Crippen LogP contribution in [0.4, 0.5) is 0 Å². The summed E-state index contributed by atoms with van der Waals surface area (Å²) in [5.41, 5.74) is 2.65. The molecule has 0 aliphatic carbocycles. The van der Waals surface area contributed by atoms with Crippen molar-refractivity contribution >= 4 is 16.8 Å². The van der Waals surface area contributed by atoms with E-state index in [4.69, 9.17) is 9.47 Å². The number of ether oxygens (including phenoxy) is 2. The van der Waals surface area contributed by atoms with E-state index in [-0.39, 0.29) is 5.91 Å². The van der Waals surface area contributed by atoms with Gasteiger partial charge in [-0.25, -0.2) is 4.98 Å². The second-order valence-electron chi connectivity index (χ2n) is 5.86. The number of hydrogen-bond donors (Lipinski definition) is 1. The lowest BCUT2D eigenvalue weighted by atomic mass is 10.2. The highest BCUT2D eigenvalue weighted by molar-refractivity contribution is 5.98. The van der Waals surface area contributed by atoms with Crippen molar-refractivity contribution in [1.82, 2.24) is 14.9 Å². The molecule has 3 rings (SSSR count). The number of nitrogens with zero attached hydrogens (tertiary/aromatic N) is 2. The van der Waals surface area contributed by atoms with Crippen LogP contribution in [0.25, 0.3) is 10.9 Å². The first-order chi connectivity index (χ1) is 12.7. The molecule has 2 aromatic heterocycles. The minimum absolute atomic E-state index is 0.0940. The number of carbonyl (C=O) groups excluding carboxylic acids is 1. The van der Waals surface area contributed by atoms with Gasteiger partial charge in [0.2, 0.25) is 5.88 Å². The van der Waals surface area contributed by atoms with Gasteiger partial charge in [0, 0.05) is 43.4 Å². The minimum Gasteiger partial charge on any atom is -0.475 e. The molecule has 0 unspecified atom stereocenters. The Kier molecular flexibility index (Phi) is 5.86. The van der Waals surface area contributed by atoms with Crippen LogP contribution in [0.3, 0.4) is 0 Å². The molecule has 0 radical (unpaired) electrons. The summed E-state index contributed by atoms with van der Waals surface area (Å²) in [4.78, 5) is 16.9. The zero-order chi connectivity index (χ0) is 18.4. The standard InChI is InChI=1S/C20H23N3O3/c1-3-23-17-7-5-4-6-16(17)12-18(23)20(24)22-14-15-8-9-19(21-13-15)26-11-10-25-2/h4-9,12-13H,3,10-11,14H2,1-2H3,(H,22,24). The largest absolute Gasteiger partial charge is 0.475 e. The lowest BCUT2D eigenvalue weighted by Crippen LogP contribution is -2.25. The van der Waals surface area contributed by atoms with Crippen LogP contribution in [-0.4, -0.2) is 35.8 Å². The van der Waals surface area contributed by atoms with Crippen molar-refractivity contribution in [2.24, 2.45) is 0 Å². The lowest BCUT2D eigenvalue weighted by Gasteiger charge is -2.09. The Morgan fingerprint density at radius 1 is 1.19 bits per heavy atom. The first-order valence-corrected chi connectivity index (χ1v) is 8.66. The van der Waals surface area contributed by atoms with Crippen molar-refractivity contribution in [3.05, 3.63) is 59.9 Å². The predicted molar refractivity (Wildman–Crippen MR) is 100 cm³/mol. The Morgan fingerprint density at radius 3 is 2.77 bits per heavy atom. The molecule has 1 N–H and O–H groups in total. The number of hydrogen-bond acceptors (Lipinski definition) is 4. The Balaban J connectivity index is 1.64. The molecule has 26 heavy (non-hydrogen) atoms. The average molecular weight is 353 g/mol. The normalized spacial score (nSPS) is 10.8. The number of aryl methyl sites for hydroxylation is 1. The number of methoxy groups -OCH3 is 1. The second-order valence-corrected chi connectivity index (χ2v) is 5.86. The molecule has 1 amide bonds. The molecule has 0 bridgehead atoms. The predicted octanol–water partition coefficient (Wildman–Crippen LogP) is 3.01. The molecule has 6 heteroatoms. The van der Waals surface area contributed by atoms with Crippen LogP contribution in [-0.2, 0) is 17.8 Å². The van der Waals surface area contributed by atoms with Gasteiger partial charge in [-0.2, -0.15) is 0 Å². The van der Waals surface area contributed by atoms with Crippen molar-refractivity contribution in [3.63, 3.8) is 0 Å². The summed E-state index contributed by atoms with van der Waals surface area (Å²) in [6.07, 6.45) is 1.71. The molecular weight excluding hydrogens is 330 g/mol. The molecule has 0 spiro atoms. The Bertz CT molecular complexity index is 872. The second kappa shape index (κ2) is 8.49. The summed E-state index contributed by atoms with van der Waals surface area (Å²) in [6.45, 7) is 4.17.